The van der Waals surface area contributed by atoms with Crippen molar-refractivity contribution in [3.05, 3.63) is 0 Å². The number of carboxylic acids is 1. The molecule has 1 fully saturated rings. The Labute approximate surface area is 80.9 Å². The Hall–Kier alpha value is -1.59. The van der Waals surface area contributed by atoms with Gasteiger partial charge in [0.05, 0.1) is 0 Å². The van der Waals surface area contributed by atoms with Crippen molar-refractivity contribution in [3.63, 3.8) is 0 Å². The molecule has 1 aliphatic rings. The molecule has 0 aromatic heterocycles. The second kappa shape index (κ2) is 3.28. The summed E-state index contributed by atoms with van der Waals surface area (Å²) in [6, 6.07) is -0.637. The molecule has 0 aliphatic carbocycles. The van der Waals surface area contributed by atoms with Gasteiger partial charge in [0.25, 0.3) is 5.91 Å². The molecular formula is C8H12N2O4. The lowest BCUT2D eigenvalue weighted by atomic mass is 9.97. The lowest BCUT2D eigenvalue weighted by molar-refractivity contribution is -0.139. The second-order valence-corrected chi connectivity index (χ2v) is 3.37. The number of imide groups is 1. The summed E-state index contributed by atoms with van der Waals surface area (Å²) in [5.41, 5.74) is -1.03. The molecule has 3 amide bonds. The molecule has 78 valence electrons. The molecule has 1 saturated heterocycles. The smallest absolute Gasteiger partial charge is 0.325 e. The highest BCUT2D eigenvalue weighted by atomic mass is 16.4. The molecule has 2 N–H and O–H groups in total. The monoisotopic (exact) mass is 200 g/mol. The molecule has 0 bridgehead atoms. The third-order valence-electron chi connectivity index (χ3n) is 2.53. The number of nitrogens with zero attached hydrogens (tertiary/aromatic N) is 1. The summed E-state index contributed by atoms with van der Waals surface area (Å²) >= 11 is 0. The molecule has 6 heteroatoms. The maximum atomic E-state index is 11.4. The predicted molar refractivity (Wildman–Crippen MR) is 46.6 cm³/mol. The first-order valence-electron chi connectivity index (χ1n) is 4.26. The topological polar surface area (TPSA) is 86.7 Å². The van der Waals surface area contributed by atoms with E-state index in [1.165, 1.54) is 0 Å². The Morgan fingerprint density at radius 2 is 2.14 bits per heavy atom. The van der Waals surface area contributed by atoms with Crippen molar-refractivity contribution in [3.8, 4) is 0 Å². The van der Waals surface area contributed by atoms with E-state index in [1.54, 1.807) is 13.8 Å². The SMILES string of the molecule is CCC1(C)C(=O)NC(=O)N1CC(=O)O. The number of amides is 3. The third-order valence-corrected chi connectivity index (χ3v) is 2.53. The minimum atomic E-state index is -1.13. The molecule has 0 aromatic rings. The molecule has 0 radical (unpaired) electrons. The lowest BCUT2D eigenvalue weighted by Gasteiger charge is -2.28. The quantitative estimate of drug-likeness (QED) is 0.617. The van der Waals surface area contributed by atoms with Crippen LogP contribution in [0.1, 0.15) is 20.3 Å². The van der Waals surface area contributed by atoms with Crippen molar-refractivity contribution in [2.45, 2.75) is 25.8 Å². The molecule has 6 nitrogen and oxygen atoms in total. The number of carbonyl (C=O) groups excluding carboxylic acids is 2. The summed E-state index contributed by atoms with van der Waals surface area (Å²) in [6.45, 7) is 2.82. The van der Waals surface area contributed by atoms with Crippen molar-refractivity contribution in [2.75, 3.05) is 6.54 Å². The van der Waals surface area contributed by atoms with Crippen molar-refractivity contribution in [1.82, 2.24) is 10.2 Å². The zero-order valence-electron chi connectivity index (χ0n) is 8.03. The molecular weight excluding hydrogens is 188 g/mol. The van der Waals surface area contributed by atoms with Gasteiger partial charge in [0.1, 0.15) is 12.1 Å². The Morgan fingerprint density at radius 1 is 1.57 bits per heavy atom. The molecule has 0 spiro atoms. The first-order valence-corrected chi connectivity index (χ1v) is 4.26. The number of rotatable bonds is 3. The molecule has 0 aromatic carbocycles. The molecule has 1 atom stereocenters. The maximum Gasteiger partial charge on any atom is 0.325 e. The number of hydrogen-bond donors (Lipinski definition) is 2. The highest BCUT2D eigenvalue weighted by Gasteiger charge is 2.48. The number of nitrogens with one attached hydrogen (secondary N) is 1. The Kier molecular flexibility index (Phi) is 2.46. The van der Waals surface area contributed by atoms with Crippen LogP contribution in [0.3, 0.4) is 0 Å². The number of hydrogen-bond acceptors (Lipinski definition) is 3. The van der Waals surface area contributed by atoms with E-state index < -0.39 is 30.0 Å². The number of carbonyl (C=O) groups is 3. The van der Waals surface area contributed by atoms with Crippen LogP contribution in [0, 0.1) is 0 Å². The maximum absolute atomic E-state index is 11.4. The van der Waals surface area contributed by atoms with E-state index in [-0.39, 0.29) is 0 Å². The fourth-order valence-electron chi connectivity index (χ4n) is 1.38. The summed E-state index contributed by atoms with van der Waals surface area (Å²) in [7, 11) is 0. The van der Waals surface area contributed by atoms with E-state index in [2.05, 4.69) is 5.32 Å². The van der Waals surface area contributed by atoms with Crippen LogP contribution in [0.2, 0.25) is 0 Å². The average molecular weight is 200 g/mol. The Balaban J connectivity index is 2.95. The van der Waals surface area contributed by atoms with Crippen LogP contribution in [-0.4, -0.2) is 40.0 Å². The van der Waals surface area contributed by atoms with Crippen LogP contribution in [0.15, 0.2) is 0 Å². The summed E-state index contributed by atoms with van der Waals surface area (Å²) in [5.74, 6) is -1.57. The number of aliphatic carboxylic acids is 1. The van der Waals surface area contributed by atoms with Crippen LogP contribution < -0.4 is 5.32 Å². The van der Waals surface area contributed by atoms with Crippen molar-refractivity contribution in [2.24, 2.45) is 0 Å². The molecule has 0 saturated carbocycles. The van der Waals surface area contributed by atoms with Crippen LogP contribution in [-0.2, 0) is 9.59 Å². The van der Waals surface area contributed by atoms with Gasteiger partial charge >= 0.3 is 12.0 Å². The second-order valence-electron chi connectivity index (χ2n) is 3.37. The minimum absolute atomic E-state index is 0.387. The summed E-state index contributed by atoms with van der Waals surface area (Å²) in [5, 5.41) is 10.7. The largest absolute Gasteiger partial charge is 0.480 e. The molecule has 1 heterocycles. The molecule has 1 unspecified atom stereocenters. The Morgan fingerprint density at radius 3 is 2.57 bits per heavy atom. The number of urea groups is 1. The van der Waals surface area contributed by atoms with Gasteiger partial charge in [0.2, 0.25) is 0 Å². The van der Waals surface area contributed by atoms with E-state index >= 15 is 0 Å². The fourth-order valence-corrected chi connectivity index (χ4v) is 1.38. The van der Waals surface area contributed by atoms with Crippen LogP contribution in [0.25, 0.3) is 0 Å². The Bertz CT molecular complexity index is 302. The lowest BCUT2D eigenvalue weighted by Crippen LogP contribution is -2.48. The number of carboxylic acid groups (broad SMARTS) is 1. The zero-order valence-corrected chi connectivity index (χ0v) is 8.03. The van der Waals surface area contributed by atoms with Crippen molar-refractivity contribution in [1.29, 1.82) is 0 Å². The van der Waals surface area contributed by atoms with E-state index in [9.17, 15) is 14.4 Å². The normalized spacial score (nSPS) is 26.6. The first kappa shape index (κ1) is 10.5. The highest BCUT2D eigenvalue weighted by molar-refractivity contribution is 6.07. The standard InChI is InChI=1S/C8H12N2O4/c1-3-8(2)6(13)9-7(14)10(8)4-5(11)12/h3-4H2,1-2H3,(H,11,12)(H,9,13,14). The van der Waals surface area contributed by atoms with E-state index in [0.717, 1.165) is 4.90 Å². The molecule has 14 heavy (non-hydrogen) atoms. The van der Waals surface area contributed by atoms with E-state index in [4.69, 9.17) is 5.11 Å². The van der Waals surface area contributed by atoms with Gasteiger partial charge in [-0.1, -0.05) is 6.92 Å². The van der Waals surface area contributed by atoms with Gasteiger partial charge in [0, 0.05) is 0 Å². The zero-order chi connectivity index (χ0) is 10.9. The van der Waals surface area contributed by atoms with Gasteiger partial charge < -0.3 is 5.11 Å². The van der Waals surface area contributed by atoms with E-state index in [0.29, 0.717) is 6.42 Å². The first-order chi connectivity index (χ1) is 6.41. The van der Waals surface area contributed by atoms with Gasteiger partial charge in [-0.2, -0.15) is 0 Å². The van der Waals surface area contributed by atoms with Gasteiger partial charge in [-0.25, -0.2) is 4.79 Å². The van der Waals surface area contributed by atoms with Crippen molar-refractivity contribution < 1.29 is 19.5 Å². The summed E-state index contributed by atoms with van der Waals surface area (Å²) < 4.78 is 0. The van der Waals surface area contributed by atoms with E-state index in [1.807, 2.05) is 0 Å². The average Bonchev–Trinajstić information content (AvgIpc) is 2.30. The molecule has 1 rings (SSSR count). The molecule has 1 aliphatic heterocycles. The van der Waals surface area contributed by atoms with Crippen LogP contribution >= 0.6 is 0 Å². The highest BCUT2D eigenvalue weighted by Crippen LogP contribution is 2.24. The van der Waals surface area contributed by atoms with Gasteiger partial charge in [-0.3, -0.25) is 19.8 Å². The summed E-state index contributed by atoms with van der Waals surface area (Å²) in [6.07, 6.45) is 0.387. The minimum Gasteiger partial charge on any atom is -0.480 e. The predicted octanol–water partition coefficient (Wildman–Crippen LogP) is -0.208. The fraction of sp³-hybridized carbons (Fsp3) is 0.625. The van der Waals surface area contributed by atoms with Crippen LogP contribution in [0.5, 0.6) is 0 Å². The third kappa shape index (κ3) is 1.43. The van der Waals surface area contributed by atoms with Gasteiger partial charge in [0.15, 0.2) is 0 Å². The van der Waals surface area contributed by atoms with Crippen molar-refractivity contribution >= 4 is 17.9 Å². The van der Waals surface area contributed by atoms with Crippen LogP contribution in [0.4, 0.5) is 4.79 Å². The van der Waals surface area contributed by atoms with Gasteiger partial charge in [-0.05, 0) is 13.3 Å². The summed E-state index contributed by atoms with van der Waals surface area (Å²) in [4.78, 5) is 34.1. The van der Waals surface area contributed by atoms with Gasteiger partial charge in [-0.15, -0.1) is 0 Å².